The number of hydrogen-bond acceptors (Lipinski definition) is 2. The van der Waals surface area contributed by atoms with Gasteiger partial charge < -0.3 is 10.2 Å². The van der Waals surface area contributed by atoms with Crippen LogP contribution in [0.5, 0.6) is 0 Å². The van der Waals surface area contributed by atoms with Crippen molar-refractivity contribution in [3.05, 3.63) is 29.8 Å². The molecule has 1 aliphatic rings. The standard InChI is InChI=1S/C17H28N2/c1-3-19(17-10-6-7-15(2)13-17)12-11-18-14-16-8-4-5-9-16/h6-7,10,13,16,18H,3-5,8-9,11-12,14H2,1-2H3. The normalized spacial score (nSPS) is 15.9. The lowest BCUT2D eigenvalue weighted by atomic mass is 10.1. The lowest BCUT2D eigenvalue weighted by molar-refractivity contribution is 0.491. The molecule has 1 aromatic carbocycles. The third-order valence-electron chi connectivity index (χ3n) is 4.21. The largest absolute Gasteiger partial charge is 0.371 e. The van der Waals surface area contributed by atoms with Gasteiger partial charge in [0.25, 0.3) is 0 Å². The van der Waals surface area contributed by atoms with Crippen LogP contribution in [0.1, 0.15) is 38.2 Å². The second kappa shape index (κ2) is 7.54. The van der Waals surface area contributed by atoms with Crippen LogP contribution in [-0.4, -0.2) is 26.2 Å². The van der Waals surface area contributed by atoms with Crippen molar-refractivity contribution in [1.82, 2.24) is 5.32 Å². The number of rotatable bonds is 7. The first-order chi connectivity index (χ1) is 9.29. The van der Waals surface area contributed by atoms with Crippen LogP contribution in [0.3, 0.4) is 0 Å². The maximum atomic E-state index is 3.63. The summed E-state index contributed by atoms with van der Waals surface area (Å²) in [5, 5.41) is 3.63. The van der Waals surface area contributed by atoms with Crippen molar-refractivity contribution in [3.8, 4) is 0 Å². The molecule has 1 N–H and O–H groups in total. The third-order valence-corrected chi connectivity index (χ3v) is 4.21. The Kier molecular flexibility index (Phi) is 5.71. The minimum Gasteiger partial charge on any atom is -0.371 e. The van der Waals surface area contributed by atoms with Crippen molar-refractivity contribution in [2.45, 2.75) is 39.5 Å². The van der Waals surface area contributed by atoms with Crippen LogP contribution in [0.15, 0.2) is 24.3 Å². The van der Waals surface area contributed by atoms with Crippen molar-refractivity contribution >= 4 is 5.69 Å². The second-order valence-electron chi connectivity index (χ2n) is 5.77. The molecule has 1 aliphatic carbocycles. The molecule has 19 heavy (non-hydrogen) atoms. The van der Waals surface area contributed by atoms with Gasteiger partial charge in [-0.05, 0) is 56.8 Å². The zero-order chi connectivity index (χ0) is 13.5. The molecule has 0 aliphatic heterocycles. The highest BCUT2D eigenvalue weighted by Crippen LogP contribution is 2.23. The number of hydrogen-bond donors (Lipinski definition) is 1. The first kappa shape index (κ1) is 14.4. The molecule has 2 rings (SSSR count). The van der Waals surface area contributed by atoms with Gasteiger partial charge in [0.05, 0.1) is 0 Å². The van der Waals surface area contributed by atoms with E-state index in [4.69, 9.17) is 0 Å². The zero-order valence-electron chi connectivity index (χ0n) is 12.5. The van der Waals surface area contributed by atoms with E-state index >= 15 is 0 Å². The maximum Gasteiger partial charge on any atom is 0.0369 e. The molecule has 0 spiro atoms. The fourth-order valence-corrected chi connectivity index (χ4v) is 3.03. The number of nitrogens with one attached hydrogen (secondary N) is 1. The van der Waals surface area contributed by atoms with Crippen molar-refractivity contribution in [1.29, 1.82) is 0 Å². The van der Waals surface area contributed by atoms with E-state index in [2.05, 4.69) is 48.3 Å². The fraction of sp³-hybridized carbons (Fsp3) is 0.647. The molecule has 1 aromatic rings. The monoisotopic (exact) mass is 260 g/mol. The maximum absolute atomic E-state index is 3.63. The molecule has 0 atom stereocenters. The minimum absolute atomic E-state index is 0.939. The number of likely N-dealkylation sites (N-methyl/N-ethyl adjacent to an activating group) is 1. The molecule has 0 saturated heterocycles. The van der Waals surface area contributed by atoms with Crippen LogP contribution in [0.25, 0.3) is 0 Å². The van der Waals surface area contributed by atoms with Gasteiger partial charge in [0.1, 0.15) is 0 Å². The van der Waals surface area contributed by atoms with Gasteiger partial charge in [-0.1, -0.05) is 25.0 Å². The Balaban J connectivity index is 1.73. The Morgan fingerprint density at radius 3 is 2.74 bits per heavy atom. The lowest BCUT2D eigenvalue weighted by Crippen LogP contribution is -2.33. The minimum atomic E-state index is 0.939. The van der Waals surface area contributed by atoms with E-state index in [1.807, 2.05) is 0 Å². The fourth-order valence-electron chi connectivity index (χ4n) is 3.03. The van der Waals surface area contributed by atoms with Crippen LogP contribution >= 0.6 is 0 Å². The Morgan fingerprint density at radius 1 is 1.26 bits per heavy atom. The third kappa shape index (κ3) is 4.54. The number of benzene rings is 1. The molecule has 2 nitrogen and oxygen atoms in total. The van der Waals surface area contributed by atoms with Crippen LogP contribution in [0, 0.1) is 12.8 Å². The highest BCUT2D eigenvalue weighted by molar-refractivity contribution is 5.48. The van der Waals surface area contributed by atoms with Crippen LogP contribution < -0.4 is 10.2 Å². The Labute approximate surface area is 118 Å². The topological polar surface area (TPSA) is 15.3 Å². The number of aryl methyl sites for hydroxylation is 1. The molecule has 0 amide bonds. The van der Waals surface area contributed by atoms with Gasteiger partial charge in [0.15, 0.2) is 0 Å². The van der Waals surface area contributed by atoms with Gasteiger partial charge in [0, 0.05) is 25.3 Å². The van der Waals surface area contributed by atoms with Gasteiger partial charge in [-0.3, -0.25) is 0 Å². The van der Waals surface area contributed by atoms with Crippen molar-refractivity contribution in [3.63, 3.8) is 0 Å². The summed E-state index contributed by atoms with van der Waals surface area (Å²) in [6, 6.07) is 8.81. The van der Waals surface area contributed by atoms with Gasteiger partial charge in [0.2, 0.25) is 0 Å². The summed E-state index contributed by atoms with van der Waals surface area (Å²) in [6.45, 7) is 8.89. The van der Waals surface area contributed by atoms with Crippen LogP contribution in [0.4, 0.5) is 5.69 Å². The van der Waals surface area contributed by atoms with E-state index in [9.17, 15) is 0 Å². The van der Waals surface area contributed by atoms with E-state index in [0.29, 0.717) is 0 Å². The number of nitrogens with zero attached hydrogens (tertiary/aromatic N) is 1. The highest BCUT2D eigenvalue weighted by Gasteiger charge is 2.14. The summed E-state index contributed by atoms with van der Waals surface area (Å²) >= 11 is 0. The summed E-state index contributed by atoms with van der Waals surface area (Å²) in [5.41, 5.74) is 2.69. The van der Waals surface area contributed by atoms with Gasteiger partial charge in [-0.2, -0.15) is 0 Å². The molecule has 106 valence electrons. The summed E-state index contributed by atoms with van der Waals surface area (Å²) in [4.78, 5) is 2.45. The smallest absolute Gasteiger partial charge is 0.0369 e. The predicted octanol–water partition coefficient (Wildman–Crippen LogP) is 3.60. The molecule has 0 heterocycles. The average Bonchev–Trinajstić information content (AvgIpc) is 2.92. The Hall–Kier alpha value is -1.02. The molecule has 0 unspecified atom stereocenters. The average molecular weight is 260 g/mol. The van der Waals surface area contributed by atoms with E-state index in [1.165, 1.54) is 43.5 Å². The van der Waals surface area contributed by atoms with E-state index in [0.717, 1.165) is 25.6 Å². The van der Waals surface area contributed by atoms with E-state index < -0.39 is 0 Å². The summed E-state index contributed by atoms with van der Waals surface area (Å²) in [7, 11) is 0. The molecular weight excluding hydrogens is 232 g/mol. The van der Waals surface area contributed by atoms with E-state index in [1.54, 1.807) is 0 Å². The Morgan fingerprint density at radius 2 is 2.05 bits per heavy atom. The summed E-state index contributed by atoms with van der Waals surface area (Å²) in [5.74, 6) is 0.939. The summed E-state index contributed by atoms with van der Waals surface area (Å²) in [6.07, 6.45) is 5.75. The highest BCUT2D eigenvalue weighted by atomic mass is 15.1. The van der Waals surface area contributed by atoms with Crippen molar-refractivity contribution in [2.24, 2.45) is 5.92 Å². The van der Waals surface area contributed by atoms with E-state index in [-0.39, 0.29) is 0 Å². The van der Waals surface area contributed by atoms with Gasteiger partial charge in [-0.25, -0.2) is 0 Å². The van der Waals surface area contributed by atoms with Crippen LogP contribution in [0.2, 0.25) is 0 Å². The molecular formula is C17H28N2. The molecule has 1 fully saturated rings. The first-order valence-corrected chi connectivity index (χ1v) is 7.82. The first-order valence-electron chi connectivity index (χ1n) is 7.82. The SMILES string of the molecule is CCN(CCNCC1CCCC1)c1cccc(C)c1. The van der Waals surface area contributed by atoms with Crippen molar-refractivity contribution in [2.75, 3.05) is 31.1 Å². The molecule has 0 bridgehead atoms. The summed E-state index contributed by atoms with van der Waals surface area (Å²) < 4.78 is 0. The van der Waals surface area contributed by atoms with Gasteiger partial charge in [-0.15, -0.1) is 0 Å². The Bertz CT molecular complexity index is 369. The lowest BCUT2D eigenvalue weighted by Gasteiger charge is -2.24. The molecule has 1 saturated carbocycles. The second-order valence-corrected chi connectivity index (χ2v) is 5.77. The predicted molar refractivity (Wildman–Crippen MR) is 83.9 cm³/mol. The number of anilines is 1. The van der Waals surface area contributed by atoms with Crippen molar-refractivity contribution < 1.29 is 0 Å². The molecule has 0 radical (unpaired) electrons. The molecule has 2 heteroatoms. The van der Waals surface area contributed by atoms with Gasteiger partial charge >= 0.3 is 0 Å². The quantitative estimate of drug-likeness (QED) is 0.754. The molecule has 0 aromatic heterocycles. The zero-order valence-corrected chi connectivity index (χ0v) is 12.5. The van der Waals surface area contributed by atoms with Crippen LogP contribution in [-0.2, 0) is 0 Å².